The largest absolute Gasteiger partial charge is 0.372 e. The number of sulfonamides is 1. The Labute approximate surface area is 178 Å². The molecule has 6 nitrogen and oxygen atoms in total. The van der Waals surface area contributed by atoms with E-state index in [1.165, 1.54) is 35.3 Å². The van der Waals surface area contributed by atoms with Crippen LogP contribution in [0.4, 0.5) is 5.69 Å². The van der Waals surface area contributed by atoms with Crippen molar-refractivity contribution in [2.45, 2.75) is 43.5 Å². The van der Waals surface area contributed by atoms with Gasteiger partial charge in [0.15, 0.2) is 0 Å². The SMILES string of the molecule is O=C(NCc1ccc(N2CCCCC2)cc1)c1cccc(S(=O)(=O)N2CCCC2)c1. The van der Waals surface area contributed by atoms with Gasteiger partial charge in [-0.25, -0.2) is 8.42 Å². The van der Waals surface area contributed by atoms with Crippen LogP contribution < -0.4 is 10.2 Å². The molecule has 2 aliphatic rings. The fourth-order valence-corrected chi connectivity index (χ4v) is 5.70. The normalized spacial score (nSPS) is 17.8. The first-order valence-corrected chi connectivity index (χ1v) is 12.2. The summed E-state index contributed by atoms with van der Waals surface area (Å²) in [4.78, 5) is 15.2. The summed E-state index contributed by atoms with van der Waals surface area (Å²) in [5.41, 5.74) is 2.61. The van der Waals surface area contributed by atoms with Crippen LogP contribution >= 0.6 is 0 Å². The summed E-state index contributed by atoms with van der Waals surface area (Å²) in [5, 5.41) is 2.90. The maximum atomic E-state index is 12.7. The Morgan fingerprint density at radius 3 is 2.23 bits per heavy atom. The van der Waals surface area contributed by atoms with Crippen molar-refractivity contribution in [3.63, 3.8) is 0 Å². The standard InChI is InChI=1S/C23H29N3O3S/c27-23(20-7-6-8-22(17-20)30(28,29)26-15-4-5-16-26)24-18-19-9-11-21(12-10-19)25-13-2-1-3-14-25/h6-12,17H,1-5,13-16,18H2,(H,24,27). The molecule has 2 aromatic rings. The molecule has 1 amide bonds. The lowest BCUT2D eigenvalue weighted by atomic mass is 10.1. The number of rotatable bonds is 6. The molecule has 1 N–H and O–H groups in total. The Hall–Kier alpha value is -2.38. The number of nitrogens with one attached hydrogen (secondary N) is 1. The second-order valence-corrected chi connectivity index (χ2v) is 9.97. The van der Waals surface area contributed by atoms with Crippen LogP contribution in [0.15, 0.2) is 53.4 Å². The number of anilines is 1. The fraction of sp³-hybridized carbons (Fsp3) is 0.435. The smallest absolute Gasteiger partial charge is 0.251 e. The van der Waals surface area contributed by atoms with E-state index in [4.69, 9.17) is 0 Å². The lowest BCUT2D eigenvalue weighted by Gasteiger charge is -2.28. The molecule has 0 aliphatic carbocycles. The van der Waals surface area contributed by atoms with Crippen LogP contribution in [0.1, 0.15) is 48.0 Å². The third-order valence-electron chi connectivity index (χ3n) is 5.91. The zero-order valence-electron chi connectivity index (χ0n) is 17.2. The van der Waals surface area contributed by atoms with Gasteiger partial charge in [-0.2, -0.15) is 4.31 Å². The van der Waals surface area contributed by atoms with Crippen LogP contribution in [0, 0.1) is 0 Å². The highest BCUT2D eigenvalue weighted by molar-refractivity contribution is 7.89. The molecule has 2 aliphatic heterocycles. The predicted octanol–water partition coefficient (Wildman–Crippen LogP) is 3.39. The van der Waals surface area contributed by atoms with Gasteiger partial charge in [0, 0.05) is 44.0 Å². The van der Waals surface area contributed by atoms with Crippen molar-refractivity contribution < 1.29 is 13.2 Å². The van der Waals surface area contributed by atoms with Crippen LogP contribution in [0.2, 0.25) is 0 Å². The first kappa shape index (κ1) is 20.9. The first-order chi connectivity index (χ1) is 14.5. The summed E-state index contributed by atoms with van der Waals surface area (Å²) < 4.78 is 27.0. The molecule has 0 radical (unpaired) electrons. The van der Waals surface area contributed by atoms with Gasteiger partial charge >= 0.3 is 0 Å². The summed E-state index contributed by atoms with van der Waals surface area (Å²) >= 11 is 0. The molecule has 2 heterocycles. The molecule has 2 saturated heterocycles. The van der Waals surface area contributed by atoms with Gasteiger partial charge in [0.05, 0.1) is 4.90 Å². The molecule has 0 bridgehead atoms. The first-order valence-electron chi connectivity index (χ1n) is 10.8. The lowest BCUT2D eigenvalue weighted by molar-refractivity contribution is 0.0950. The van der Waals surface area contributed by atoms with Crippen LogP contribution in [-0.2, 0) is 16.6 Å². The maximum absolute atomic E-state index is 12.7. The minimum Gasteiger partial charge on any atom is -0.372 e. The van der Waals surface area contributed by atoms with Crippen molar-refractivity contribution in [2.75, 3.05) is 31.1 Å². The number of piperidine rings is 1. The summed E-state index contributed by atoms with van der Waals surface area (Å²) in [5.74, 6) is -0.270. The fourth-order valence-electron chi connectivity index (χ4n) is 4.14. The maximum Gasteiger partial charge on any atom is 0.251 e. The van der Waals surface area contributed by atoms with E-state index in [1.807, 2.05) is 12.1 Å². The van der Waals surface area contributed by atoms with Gasteiger partial charge < -0.3 is 10.2 Å². The topological polar surface area (TPSA) is 69.7 Å². The van der Waals surface area contributed by atoms with E-state index in [0.717, 1.165) is 31.5 Å². The van der Waals surface area contributed by atoms with Gasteiger partial charge in [-0.3, -0.25) is 4.79 Å². The summed E-state index contributed by atoms with van der Waals surface area (Å²) in [6.45, 7) is 3.71. The Balaban J connectivity index is 1.38. The minimum absolute atomic E-state index is 0.183. The van der Waals surface area contributed by atoms with Gasteiger partial charge in [-0.15, -0.1) is 0 Å². The predicted molar refractivity (Wildman–Crippen MR) is 118 cm³/mol. The Bertz CT molecular complexity index is 977. The van der Waals surface area contributed by atoms with Crippen LogP contribution in [0.5, 0.6) is 0 Å². The lowest BCUT2D eigenvalue weighted by Crippen LogP contribution is -2.29. The van der Waals surface area contributed by atoms with Crippen molar-refractivity contribution in [1.29, 1.82) is 0 Å². The number of carbonyl (C=O) groups is 1. The molecule has 7 heteroatoms. The zero-order valence-corrected chi connectivity index (χ0v) is 18.0. The van der Waals surface area contributed by atoms with E-state index in [9.17, 15) is 13.2 Å². The molecule has 30 heavy (non-hydrogen) atoms. The second kappa shape index (κ2) is 9.18. The van der Waals surface area contributed by atoms with Gasteiger partial charge in [0.1, 0.15) is 0 Å². The summed E-state index contributed by atoms with van der Waals surface area (Å²) in [6, 6.07) is 14.6. The molecule has 0 aromatic heterocycles. The van der Waals surface area contributed by atoms with Gasteiger partial charge in [-0.1, -0.05) is 18.2 Å². The third kappa shape index (κ3) is 4.68. The molecule has 160 valence electrons. The molecule has 0 spiro atoms. The van der Waals surface area contributed by atoms with Crippen LogP contribution in [0.3, 0.4) is 0 Å². The van der Waals surface area contributed by atoms with E-state index >= 15 is 0 Å². The molecule has 2 aromatic carbocycles. The quantitative estimate of drug-likeness (QED) is 0.767. The molecule has 0 unspecified atom stereocenters. The van der Waals surface area contributed by atoms with Gasteiger partial charge in [-0.05, 0) is 68.0 Å². The van der Waals surface area contributed by atoms with E-state index < -0.39 is 10.0 Å². The van der Waals surface area contributed by atoms with Crippen LogP contribution in [0.25, 0.3) is 0 Å². The van der Waals surface area contributed by atoms with E-state index in [2.05, 4.69) is 22.3 Å². The Morgan fingerprint density at radius 2 is 1.53 bits per heavy atom. The number of hydrogen-bond donors (Lipinski definition) is 1. The van der Waals surface area contributed by atoms with Crippen LogP contribution in [-0.4, -0.2) is 44.8 Å². The number of benzene rings is 2. The van der Waals surface area contributed by atoms with E-state index in [0.29, 0.717) is 25.2 Å². The monoisotopic (exact) mass is 427 g/mol. The average molecular weight is 428 g/mol. The number of hydrogen-bond acceptors (Lipinski definition) is 4. The average Bonchev–Trinajstić information content (AvgIpc) is 3.34. The van der Waals surface area contributed by atoms with Gasteiger partial charge in [0.2, 0.25) is 10.0 Å². The Morgan fingerprint density at radius 1 is 0.867 bits per heavy atom. The number of carbonyl (C=O) groups excluding carboxylic acids is 1. The molecule has 4 rings (SSSR count). The highest BCUT2D eigenvalue weighted by atomic mass is 32.2. The minimum atomic E-state index is -3.53. The van der Waals surface area contributed by atoms with E-state index in [-0.39, 0.29) is 10.8 Å². The van der Waals surface area contributed by atoms with Gasteiger partial charge in [0.25, 0.3) is 5.91 Å². The third-order valence-corrected chi connectivity index (χ3v) is 7.80. The number of nitrogens with zero attached hydrogens (tertiary/aromatic N) is 2. The van der Waals surface area contributed by atoms with Crippen molar-refractivity contribution in [3.8, 4) is 0 Å². The summed E-state index contributed by atoms with van der Waals surface area (Å²) in [6.07, 6.45) is 5.56. The molecule has 0 atom stereocenters. The zero-order chi connectivity index (χ0) is 21.0. The number of amides is 1. The molecular formula is C23H29N3O3S. The van der Waals surface area contributed by atoms with Crippen molar-refractivity contribution in [3.05, 3.63) is 59.7 Å². The molecule has 0 saturated carbocycles. The van der Waals surface area contributed by atoms with Crippen molar-refractivity contribution in [1.82, 2.24) is 9.62 Å². The highest BCUT2D eigenvalue weighted by Gasteiger charge is 2.27. The van der Waals surface area contributed by atoms with Crippen molar-refractivity contribution in [2.24, 2.45) is 0 Å². The summed E-state index contributed by atoms with van der Waals surface area (Å²) in [7, 11) is -3.53. The molecule has 2 fully saturated rings. The van der Waals surface area contributed by atoms with Crippen molar-refractivity contribution >= 4 is 21.6 Å². The molecular weight excluding hydrogens is 398 g/mol. The Kier molecular flexibility index (Phi) is 6.39. The second-order valence-electron chi connectivity index (χ2n) is 8.04. The van der Waals surface area contributed by atoms with E-state index in [1.54, 1.807) is 18.2 Å². The highest BCUT2D eigenvalue weighted by Crippen LogP contribution is 2.22.